The van der Waals surface area contributed by atoms with Gasteiger partial charge < -0.3 is 4.90 Å². The Morgan fingerprint density at radius 3 is 2.00 bits per heavy atom. The van der Waals surface area contributed by atoms with Crippen LogP contribution in [0, 0.1) is 11.8 Å². The highest BCUT2D eigenvalue weighted by Crippen LogP contribution is 2.20. The molecule has 1 saturated heterocycles. The van der Waals surface area contributed by atoms with E-state index in [1.807, 2.05) is 0 Å². The van der Waals surface area contributed by atoms with E-state index in [1.165, 1.54) is 90.1 Å². The van der Waals surface area contributed by atoms with Crippen LogP contribution in [-0.4, -0.2) is 24.0 Å². The lowest BCUT2D eigenvalue weighted by molar-refractivity contribution is 0.242. The molecule has 20 heavy (non-hydrogen) atoms. The van der Waals surface area contributed by atoms with Gasteiger partial charge in [-0.2, -0.15) is 0 Å². The molecule has 1 atom stereocenters. The number of nitrogens with zero attached hydrogens (tertiary/aromatic N) is 2. The van der Waals surface area contributed by atoms with Gasteiger partial charge in [0.2, 0.25) is 0 Å². The summed E-state index contributed by atoms with van der Waals surface area (Å²) < 4.78 is 0. The molecule has 0 aromatic rings. The molecule has 1 fully saturated rings. The Morgan fingerprint density at radius 1 is 0.900 bits per heavy atom. The second-order valence-corrected chi connectivity index (χ2v) is 6.07. The Morgan fingerprint density at radius 2 is 1.45 bits per heavy atom. The highest BCUT2D eigenvalue weighted by atomic mass is 15.2. The highest BCUT2D eigenvalue weighted by Gasteiger charge is 2.21. The van der Waals surface area contributed by atoms with Crippen LogP contribution in [0.2, 0.25) is 0 Å². The van der Waals surface area contributed by atoms with E-state index in [0.29, 0.717) is 0 Å². The van der Waals surface area contributed by atoms with Crippen LogP contribution >= 0.6 is 0 Å². The standard InChI is InChI=1S/C17H35N.CHN/c1-3-5-6-7-8-9-10-11-12-15-18-16-13-14-17(18)4-2;1-2/h17H,3-16H2,1-2H3;1H. The minimum absolute atomic E-state index is 0.916. The molecule has 1 aliphatic heterocycles. The Kier molecular flexibility index (Phi) is 14.4. The third kappa shape index (κ3) is 9.37. The first-order valence-electron chi connectivity index (χ1n) is 8.88. The van der Waals surface area contributed by atoms with Crippen molar-refractivity contribution >= 4 is 0 Å². The predicted octanol–water partition coefficient (Wildman–Crippen LogP) is 5.53. The smallest absolute Gasteiger partial charge is 0.0462 e. The molecule has 1 heterocycles. The fourth-order valence-electron chi connectivity index (χ4n) is 3.28. The summed E-state index contributed by atoms with van der Waals surface area (Å²) in [5.41, 5.74) is 0. The summed E-state index contributed by atoms with van der Waals surface area (Å²) in [7, 11) is 0. The van der Waals surface area contributed by atoms with Gasteiger partial charge in [0.05, 0.1) is 0 Å². The third-order valence-corrected chi connectivity index (χ3v) is 4.52. The Bertz CT molecular complexity index is 213. The van der Waals surface area contributed by atoms with Crippen molar-refractivity contribution in [3.8, 4) is 6.57 Å². The maximum absolute atomic E-state index is 6.50. The SMILES string of the molecule is C#N.CCCCCCCCCCCN1CCCC1CC. The van der Waals surface area contributed by atoms with Gasteiger partial charge in [-0.15, -0.1) is 0 Å². The minimum atomic E-state index is 0.916. The largest absolute Gasteiger partial charge is 0.300 e. The van der Waals surface area contributed by atoms with E-state index in [2.05, 4.69) is 25.3 Å². The fraction of sp³-hybridized carbons (Fsp3) is 0.944. The Balaban J connectivity index is 0.00000172. The van der Waals surface area contributed by atoms with Gasteiger partial charge in [0.25, 0.3) is 0 Å². The van der Waals surface area contributed by atoms with Gasteiger partial charge in [-0.05, 0) is 38.8 Å². The number of nitriles is 1. The summed E-state index contributed by atoms with van der Waals surface area (Å²) in [6.07, 6.45) is 17.3. The molecule has 118 valence electrons. The molecule has 0 spiro atoms. The molecule has 1 rings (SSSR count). The van der Waals surface area contributed by atoms with Crippen LogP contribution in [0.3, 0.4) is 0 Å². The summed E-state index contributed by atoms with van der Waals surface area (Å²) in [5, 5.41) is 6.50. The molecular formula is C18H36N2. The number of hydrogen-bond acceptors (Lipinski definition) is 2. The van der Waals surface area contributed by atoms with E-state index < -0.39 is 0 Å². The molecule has 0 radical (unpaired) electrons. The van der Waals surface area contributed by atoms with E-state index in [0.717, 1.165) is 6.04 Å². The zero-order valence-corrected chi connectivity index (χ0v) is 13.9. The lowest BCUT2D eigenvalue weighted by Crippen LogP contribution is -2.29. The summed E-state index contributed by atoms with van der Waals surface area (Å²) in [4.78, 5) is 2.74. The molecule has 0 aromatic carbocycles. The molecule has 1 unspecified atom stereocenters. The lowest BCUT2D eigenvalue weighted by Gasteiger charge is -2.22. The molecule has 2 nitrogen and oxygen atoms in total. The quantitative estimate of drug-likeness (QED) is 0.465. The van der Waals surface area contributed by atoms with Crippen molar-refractivity contribution in [3.05, 3.63) is 0 Å². The van der Waals surface area contributed by atoms with Gasteiger partial charge in [-0.25, -0.2) is 5.26 Å². The fourth-order valence-corrected chi connectivity index (χ4v) is 3.28. The minimum Gasteiger partial charge on any atom is -0.300 e. The van der Waals surface area contributed by atoms with E-state index >= 15 is 0 Å². The normalized spacial score (nSPS) is 18.7. The average Bonchev–Trinajstić information content (AvgIpc) is 2.95. The summed E-state index contributed by atoms with van der Waals surface area (Å²) in [5.74, 6) is 0. The number of hydrogen-bond donors (Lipinski definition) is 0. The first kappa shape index (κ1) is 19.4. The lowest BCUT2D eigenvalue weighted by atomic mass is 10.1. The number of unbranched alkanes of at least 4 members (excludes halogenated alkanes) is 8. The summed E-state index contributed by atoms with van der Waals surface area (Å²) >= 11 is 0. The molecule has 0 saturated carbocycles. The van der Waals surface area contributed by atoms with Gasteiger partial charge in [-0.3, -0.25) is 0 Å². The van der Waals surface area contributed by atoms with Crippen LogP contribution in [0.1, 0.15) is 90.9 Å². The zero-order valence-electron chi connectivity index (χ0n) is 13.9. The Hall–Kier alpha value is -0.550. The van der Waals surface area contributed by atoms with Crippen molar-refractivity contribution in [3.63, 3.8) is 0 Å². The van der Waals surface area contributed by atoms with Crippen molar-refractivity contribution in [2.75, 3.05) is 13.1 Å². The first-order valence-corrected chi connectivity index (χ1v) is 8.88. The maximum atomic E-state index is 6.50. The predicted molar refractivity (Wildman–Crippen MR) is 88.8 cm³/mol. The van der Waals surface area contributed by atoms with Crippen LogP contribution in [0.15, 0.2) is 0 Å². The van der Waals surface area contributed by atoms with Crippen LogP contribution in [0.25, 0.3) is 0 Å². The topological polar surface area (TPSA) is 27.0 Å². The maximum Gasteiger partial charge on any atom is 0.0462 e. The summed E-state index contributed by atoms with van der Waals surface area (Å²) in [6.45, 7) is 10.9. The van der Waals surface area contributed by atoms with E-state index in [1.54, 1.807) is 0 Å². The molecule has 0 bridgehead atoms. The average molecular weight is 280 g/mol. The second kappa shape index (κ2) is 14.9. The van der Waals surface area contributed by atoms with Crippen molar-refractivity contribution in [1.82, 2.24) is 4.90 Å². The first-order chi connectivity index (χ1) is 9.88. The van der Waals surface area contributed by atoms with E-state index in [-0.39, 0.29) is 0 Å². The molecular weight excluding hydrogens is 244 g/mol. The molecule has 0 aromatic heterocycles. The molecule has 1 aliphatic rings. The number of rotatable bonds is 11. The van der Waals surface area contributed by atoms with Crippen molar-refractivity contribution in [2.24, 2.45) is 0 Å². The van der Waals surface area contributed by atoms with Crippen molar-refractivity contribution in [1.29, 1.82) is 5.26 Å². The van der Waals surface area contributed by atoms with Gasteiger partial charge in [0, 0.05) is 12.6 Å². The van der Waals surface area contributed by atoms with Crippen LogP contribution in [0.4, 0.5) is 0 Å². The van der Waals surface area contributed by atoms with E-state index in [4.69, 9.17) is 5.26 Å². The van der Waals surface area contributed by atoms with Gasteiger partial charge in [0.15, 0.2) is 0 Å². The van der Waals surface area contributed by atoms with Gasteiger partial charge >= 0.3 is 0 Å². The summed E-state index contributed by atoms with van der Waals surface area (Å²) in [6, 6.07) is 0.916. The van der Waals surface area contributed by atoms with Crippen LogP contribution < -0.4 is 0 Å². The molecule has 0 N–H and O–H groups in total. The third-order valence-electron chi connectivity index (χ3n) is 4.52. The molecule has 2 heteroatoms. The molecule has 0 aliphatic carbocycles. The number of likely N-dealkylation sites (tertiary alicyclic amines) is 1. The van der Waals surface area contributed by atoms with Crippen molar-refractivity contribution in [2.45, 2.75) is 96.9 Å². The van der Waals surface area contributed by atoms with Crippen LogP contribution in [0.5, 0.6) is 0 Å². The van der Waals surface area contributed by atoms with Gasteiger partial charge in [-0.1, -0.05) is 65.2 Å². The second-order valence-electron chi connectivity index (χ2n) is 6.07. The zero-order chi connectivity index (χ0) is 15.1. The van der Waals surface area contributed by atoms with Gasteiger partial charge in [0.1, 0.15) is 0 Å². The monoisotopic (exact) mass is 280 g/mol. The van der Waals surface area contributed by atoms with E-state index in [9.17, 15) is 0 Å². The van der Waals surface area contributed by atoms with Crippen molar-refractivity contribution < 1.29 is 0 Å². The molecule has 0 amide bonds. The highest BCUT2D eigenvalue weighted by molar-refractivity contribution is 4.77. The Labute approximate surface area is 127 Å². The van der Waals surface area contributed by atoms with Crippen LogP contribution in [-0.2, 0) is 0 Å².